The number of ether oxygens (including phenoxy) is 1. The van der Waals surface area contributed by atoms with Gasteiger partial charge in [-0.2, -0.15) is 8.42 Å². The Morgan fingerprint density at radius 2 is 2.06 bits per heavy atom. The standard InChI is InChI=1S/C7H8BrNO3S.C4H8O/c1-2-13(10,11)12-7-3-6(8)4-9-5-7;1-2-4-5-3-1/h3-5H,2H2,1H3;1-4H2. The molecule has 0 aromatic carbocycles. The summed E-state index contributed by atoms with van der Waals surface area (Å²) in [5.74, 6) is 0.163. The van der Waals surface area contributed by atoms with Gasteiger partial charge in [0.1, 0.15) is 0 Å². The van der Waals surface area contributed by atoms with E-state index in [4.69, 9.17) is 8.92 Å². The van der Waals surface area contributed by atoms with Crippen molar-refractivity contribution in [3.63, 3.8) is 0 Å². The molecule has 2 rings (SSSR count). The van der Waals surface area contributed by atoms with Gasteiger partial charge >= 0.3 is 10.1 Å². The summed E-state index contributed by atoms with van der Waals surface area (Å²) in [5, 5.41) is 0. The molecule has 0 unspecified atom stereocenters. The molecule has 0 N–H and O–H groups in total. The molecule has 1 aromatic heterocycles. The molecular formula is C11H16BrNO4S. The number of halogens is 1. The van der Waals surface area contributed by atoms with E-state index in [1.165, 1.54) is 26.0 Å². The van der Waals surface area contributed by atoms with E-state index in [0.717, 1.165) is 13.2 Å². The summed E-state index contributed by atoms with van der Waals surface area (Å²) in [4.78, 5) is 3.77. The second-order valence-electron chi connectivity index (χ2n) is 3.59. The Balaban J connectivity index is 0.000000269. The average molecular weight is 338 g/mol. The fourth-order valence-corrected chi connectivity index (χ4v) is 2.00. The second kappa shape index (κ2) is 7.70. The van der Waals surface area contributed by atoms with E-state index in [1.807, 2.05) is 0 Å². The maximum Gasteiger partial charge on any atom is 0.308 e. The Hall–Kier alpha value is -0.660. The van der Waals surface area contributed by atoms with E-state index in [9.17, 15) is 8.42 Å². The SMILES string of the molecule is C1CCOC1.CCS(=O)(=O)Oc1cncc(Br)c1. The number of rotatable bonds is 3. The number of nitrogens with zero attached hydrogens (tertiary/aromatic N) is 1. The van der Waals surface area contributed by atoms with Gasteiger partial charge in [-0.05, 0) is 41.8 Å². The van der Waals surface area contributed by atoms with Crippen molar-refractivity contribution in [1.29, 1.82) is 0 Å². The minimum atomic E-state index is -3.45. The van der Waals surface area contributed by atoms with Crippen molar-refractivity contribution >= 4 is 26.0 Å². The molecule has 7 heteroatoms. The van der Waals surface area contributed by atoms with Gasteiger partial charge < -0.3 is 8.92 Å². The van der Waals surface area contributed by atoms with Crippen molar-refractivity contribution in [2.24, 2.45) is 0 Å². The van der Waals surface area contributed by atoms with Crippen LogP contribution in [0.4, 0.5) is 0 Å². The third-order valence-corrected chi connectivity index (χ3v) is 3.67. The predicted octanol–water partition coefficient (Wildman–Crippen LogP) is 2.37. The first-order chi connectivity index (χ1) is 8.53. The van der Waals surface area contributed by atoms with E-state index in [1.54, 1.807) is 12.3 Å². The summed E-state index contributed by atoms with van der Waals surface area (Å²) in [6.07, 6.45) is 5.45. The summed E-state index contributed by atoms with van der Waals surface area (Å²) in [6.45, 7) is 3.51. The first-order valence-corrected chi connectivity index (χ1v) is 8.01. The van der Waals surface area contributed by atoms with Gasteiger partial charge in [0, 0.05) is 23.9 Å². The van der Waals surface area contributed by atoms with Crippen LogP contribution in [0.15, 0.2) is 22.9 Å². The molecule has 0 aliphatic carbocycles. The molecular weight excluding hydrogens is 322 g/mol. The summed E-state index contributed by atoms with van der Waals surface area (Å²) >= 11 is 3.15. The van der Waals surface area contributed by atoms with Crippen molar-refractivity contribution < 1.29 is 17.3 Å². The number of hydrogen-bond acceptors (Lipinski definition) is 5. The molecule has 0 saturated carbocycles. The van der Waals surface area contributed by atoms with Crippen LogP contribution < -0.4 is 4.18 Å². The highest BCUT2D eigenvalue weighted by molar-refractivity contribution is 9.10. The molecule has 1 fully saturated rings. The zero-order chi connectivity index (χ0) is 13.4. The van der Waals surface area contributed by atoms with Gasteiger partial charge in [-0.1, -0.05) is 0 Å². The molecule has 1 aliphatic heterocycles. The molecule has 0 bridgehead atoms. The summed E-state index contributed by atoms with van der Waals surface area (Å²) < 4.78 is 32.4. The normalized spacial score (nSPS) is 14.8. The van der Waals surface area contributed by atoms with Crippen LogP contribution in [0.2, 0.25) is 0 Å². The first kappa shape index (κ1) is 15.4. The second-order valence-corrected chi connectivity index (χ2v) is 6.36. The summed E-state index contributed by atoms with van der Waals surface area (Å²) in [6, 6.07) is 1.54. The van der Waals surface area contributed by atoms with Gasteiger partial charge in [0.05, 0.1) is 11.9 Å². The Kier molecular flexibility index (Phi) is 6.59. The molecule has 102 valence electrons. The zero-order valence-corrected chi connectivity index (χ0v) is 12.5. The highest BCUT2D eigenvalue weighted by Gasteiger charge is 2.09. The van der Waals surface area contributed by atoms with Crippen LogP contribution in [0, 0.1) is 0 Å². The predicted molar refractivity (Wildman–Crippen MR) is 72.1 cm³/mol. The van der Waals surface area contributed by atoms with Crippen LogP contribution in [-0.4, -0.2) is 32.4 Å². The fourth-order valence-electron chi connectivity index (χ4n) is 1.15. The van der Waals surface area contributed by atoms with Crippen LogP contribution in [0.3, 0.4) is 0 Å². The van der Waals surface area contributed by atoms with E-state index in [-0.39, 0.29) is 11.5 Å². The quantitative estimate of drug-likeness (QED) is 0.792. The van der Waals surface area contributed by atoms with Crippen molar-refractivity contribution in [3.05, 3.63) is 22.9 Å². The maximum atomic E-state index is 11.0. The highest BCUT2D eigenvalue weighted by atomic mass is 79.9. The summed E-state index contributed by atoms with van der Waals surface area (Å²) in [7, 11) is -3.45. The molecule has 1 aromatic rings. The lowest BCUT2D eigenvalue weighted by Crippen LogP contribution is -2.11. The topological polar surface area (TPSA) is 65.5 Å². The average Bonchev–Trinajstić information content (AvgIpc) is 2.87. The third-order valence-electron chi connectivity index (χ3n) is 2.08. The smallest absolute Gasteiger partial charge is 0.308 e. The highest BCUT2D eigenvalue weighted by Crippen LogP contribution is 2.17. The molecule has 18 heavy (non-hydrogen) atoms. The van der Waals surface area contributed by atoms with Crippen LogP contribution in [0.1, 0.15) is 19.8 Å². The third kappa shape index (κ3) is 6.32. The van der Waals surface area contributed by atoms with Gasteiger partial charge in [0.15, 0.2) is 5.75 Å². The Bertz CT molecular complexity index is 452. The van der Waals surface area contributed by atoms with Crippen molar-refractivity contribution in [2.75, 3.05) is 19.0 Å². The van der Waals surface area contributed by atoms with Gasteiger partial charge in [-0.15, -0.1) is 0 Å². The van der Waals surface area contributed by atoms with Crippen molar-refractivity contribution in [1.82, 2.24) is 4.98 Å². The van der Waals surface area contributed by atoms with Crippen molar-refractivity contribution in [3.8, 4) is 5.75 Å². The van der Waals surface area contributed by atoms with Crippen LogP contribution in [0.25, 0.3) is 0 Å². The van der Waals surface area contributed by atoms with E-state index < -0.39 is 10.1 Å². The molecule has 5 nitrogen and oxygen atoms in total. The van der Waals surface area contributed by atoms with E-state index in [0.29, 0.717) is 4.47 Å². The molecule has 2 heterocycles. The fraction of sp³-hybridized carbons (Fsp3) is 0.545. The zero-order valence-electron chi connectivity index (χ0n) is 10.1. The molecule has 1 saturated heterocycles. The lowest BCUT2D eigenvalue weighted by molar-refractivity contribution is 0.198. The lowest BCUT2D eigenvalue weighted by Gasteiger charge is -2.03. The van der Waals surface area contributed by atoms with Gasteiger partial charge in [0.25, 0.3) is 0 Å². The van der Waals surface area contributed by atoms with Gasteiger partial charge in [-0.25, -0.2) is 0 Å². The molecule has 1 aliphatic rings. The Labute approximate surface area is 116 Å². The van der Waals surface area contributed by atoms with E-state index >= 15 is 0 Å². The summed E-state index contributed by atoms with van der Waals surface area (Å²) in [5.41, 5.74) is 0. The minimum absolute atomic E-state index is 0.0560. The monoisotopic (exact) mass is 337 g/mol. The molecule has 0 atom stereocenters. The minimum Gasteiger partial charge on any atom is -0.381 e. The van der Waals surface area contributed by atoms with Gasteiger partial charge in [0.2, 0.25) is 0 Å². The molecule has 0 radical (unpaired) electrons. The number of hydrogen-bond donors (Lipinski definition) is 0. The maximum absolute atomic E-state index is 11.0. The van der Waals surface area contributed by atoms with Crippen LogP contribution in [-0.2, 0) is 14.9 Å². The lowest BCUT2D eigenvalue weighted by atomic mass is 10.4. The first-order valence-electron chi connectivity index (χ1n) is 5.64. The Morgan fingerprint density at radius 1 is 1.39 bits per heavy atom. The number of aromatic nitrogens is 1. The number of pyridine rings is 1. The molecule has 0 amide bonds. The largest absolute Gasteiger partial charge is 0.381 e. The van der Waals surface area contributed by atoms with Crippen LogP contribution in [0.5, 0.6) is 5.75 Å². The Morgan fingerprint density at radius 3 is 2.50 bits per heavy atom. The van der Waals surface area contributed by atoms with E-state index in [2.05, 4.69) is 20.9 Å². The van der Waals surface area contributed by atoms with Gasteiger partial charge in [-0.3, -0.25) is 4.98 Å². The molecule has 0 spiro atoms. The van der Waals surface area contributed by atoms with Crippen LogP contribution >= 0.6 is 15.9 Å². The van der Waals surface area contributed by atoms with Crippen molar-refractivity contribution in [2.45, 2.75) is 19.8 Å².